The van der Waals surface area contributed by atoms with Crippen molar-refractivity contribution in [2.75, 3.05) is 13.7 Å². The smallest absolute Gasteiger partial charge is 0.116 e. The van der Waals surface area contributed by atoms with Crippen molar-refractivity contribution >= 4 is 10.9 Å². The molecule has 0 radical (unpaired) electrons. The zero-order valence-corrected chi connectivity index (χ0v) is 11.2. The van der Waals surface area contributed by atoms with Crippen molar-refractivity contribution in [3.63, 3.8) is 0 Å². The first-order chi connectivity index (χ1) is 8.58. The Morgan fingerprint density at radius 3 is 2.89 bits per heavy atom. The highest BCUT2D eigenvalue weighted by Gasteiger charge is 2.37. The maximum atomic E-state index is 5.84. The predicted octanol–water partition coefficient (Wildman–Crippen LogP) is 2.78. The molecule has 3 rings (SSSR count). The lowest BCUT2D eigenvalue weighted by atomic mass is 10.0. The molecule has 2 heterocycles. The van der Waals surface area contributed by atoms with Gasteiger partial charge in [0, 0.05) is 23.1 Å². The zero-order chi connectivity index (χ0) is 12.8. The molecule has 3 heteroatoms. The van der Waals surface area contributed by atoms with Crippen LogP contribution in [0.15, 0.2) is 30.5 Å². The Bertz CT molecular complexity index is 558. The number of hydrogen-bond donors (Lipinski definition) is 1. The van der Waals surface area contributed by atoms with Gasteiger partial charge in [0.1, 0.15) is 5.72 Å². The summed E-state index contributed by atoms with van der Waals surface area (Å²) in [5.74, 6) is 0. The Hall–Kier alpha value is -1.32. The number of rotatable bonds is 2. The van der Waals surface area contributed by atoms with E-state index in [0.717, 1.165) is 13.0 Å². The number of benzene rings is 1. The van der Waals surface area contributed by atoms with Crippen LogP contribution in [0.4, 0.5) is 0 Å². The molecule has 96 valence electrons. The zero-order valence-electron chi connectivity index (χ0n) is 11.2. The summed E-state index contributed by atoms with van der Waals surface area (Å²) >= 11 is 0. The number of nitrogens with one attached hydrogen (secondary N) is 1. The Labute approximate surface area is 108 Å². The third-order valence-electron chi connectivity index (χ3n) is 4.16. The predicted molar refractivity (Wildman–Crippen MR) is 73.6 cm³/mol. The summed E-state index contributed by atoms with van der Waals surface area (Å²) in [6, 6.07) is 8.92. The first-order valence-corrected chi connectivity index (χ1v) is 6.50. The molecule has 0 spiro atoms. The molecular weight excluding hydrogens is 224 g/mol. The van der Waals surface area contributed by atoms with Crippen LogP contribution in [0.25, 0.3) is 10.9 Å². The molecule has 1 atom stereocenters. The van der Waals surface area contributed by atoms with Gasteiger partial charge < -0.3 is 9.72 Å². The van der Waals surface area contributed by atoms with E-state index in [1.165, 1.54) is 16.5 Å². The highest BCUT2D eigenvalue weighted by atomic mass is 16.5. The lowest BCUT2D eigenvalue weighted by Gasteiger charge is -2.29. The van der Waals surface area contributed by atoms with Gasteiger partial charge in [-0.05, 0) is 38.9 Å². The first kappa shape index (κ1) is 11.8. The lowest BCUT2D eigenvalue weighted by Crippen LogP contribution is -2.41. The average Bonchev–Trinajstić information content (AvgIpc) is 2.87. The summed E-state index contributed by atoms with van der Waals surface area (Å²) in [6.45, 7) is 5.06. The van der Waals surface area contributed by atoms with Crippen LogP contribution in [-0.2, 0) is 11.2 Å². The Morgan fingerprint density at radius 1 is 1.39 bits per heavy atom. The molecule has 2 aromatic rings. The number of aromatic amines is 1. The van der Waals surface area contributed by atoms with Gasteiger partial charge in [-0.2, -0.15) is 0 Å². The topological polar surface area (TPSA) is 28.3 Å². The molecule has 1 aromatic carbocycles. The van der Waals surface area contributed by atoms with Gasteiger partial charge in [0.2, 0.25) is 0 Å². The molecule has 18 heavy (non-hydrogen) atoms. The van der Waals surface area contributed by atoms with Crippen molar-refractivity contribution in [3.8, 4) is 0 Å². The maximum absolute atomic E-state index is 5.84. The molecule has 1 aromatic heterocycles. The van der Waals surface area contributed by atoms with E-state index >= 15 is 0 Å². The largest absolute Gasteiger partial charge is 0.361 e. The lowest BCUT2D eigenvalue weighted by molar-refractivity contribution is -0.0412. The minimum Gasteiger partial charge on any atom is -0.361 e. The van der Waals surface area contributed by atoms with Gasteiger partial charge in [-0.3, -0.25) is 4.90 Å². The van der Waals surface area contributed by atoms with E-state index in [0.29, 0.717) is 6.04 Å². The van der Waals surface area contributed by atoms with Crippen molar-refractivity contribution in [3.05, 3.63) is 36.0 Å². The number of likely N-dealkylation sites (N-methyl/N-ethyl adjacent to an activating group) is 1. The van der Waals surface area contributed by atoms with Crippen molar-refractivity contribution < 1.29 is 4.74 Å². The standard InChI is InChI=1S/C15H20N2O/c1-15(2)17(3)12(10-18-15)8-11-9-16-14-7-5-4-6-13(11)14/h4-7,9,12,16H,8,10H2,1-3H3/t12-/m1/s1. The van der Waals surface area contributed by atoms with Crippen LogP contribution < -0.4 is 0 Å². The highest BCUT2D eigenvalue weighted by Crippen LogP contribution is 2.28. The van der Waals surface area contributed by atoms with Gasteiger partial charge in [0.05, 0.1) is 6.61 Å². The van der Waals surface area contributed by atoms with Crippen molar-refractivity contribution in [2.45, 2.75) is 32.0 Å². The Balaban J connectivity index is 1.85. The molecule has 1 N–H and O–H groups in total. The van der Waals surface area contributed by atoms with E-state index in [1.807, 2.05) is 0 Å². The van der Waals surface area contributed by atoms with Crippen LogP contribution in [0.2, 0.25) is 0 Å². The summed E-state index contributed by atoms with van der Waals surface area (Å²) in [5, 5.41) is 1.33. The number of fused-ring (bicyclic) bond motifs is 1. The van der Waals surface area contributed by atoms with E-state index in [9.17, 15) is 0 Å². The normalized spacial score (nSPS) is 23.8. The molecule has 1 saturated heterocycles. The number of aromatic nitrogens is 1. The number of para-hydroxylation sites is 1. The van der Waals surface area contributed by atoms with Crippen molar-refractivity contribution in [1.82, 2.24) is 9.88 Å². The Morgan fingerprint density at radius 2 is 2.17 bits per heavy atom. The highest BCUT2D eigenvalue weighted by molar-refractivity contribution is 5.83. The molecule has 0 saturated carbocycles. The van der Waals surface area contributed by atoms with Crippen LogP contribution in [0.5, 0.6) is 0 Å². The molecule has 3 nitrogen and oxygen atoms in total. The average molecular weight is 244 g/mol. The summed E-state index contributed by atoms with van der Waals surface area (Å²) in [4.78, 5) is 5.67. The number of nitrogens with zero attached hydrogens (tertiary/aromatic N) is 1. The fourth-order valence-corrected chi connectivity index (χ4v) is 2.70. The van der Waals surface area contributed by atoms with Gasteiger partial charge in [-0.25, -0.2) is 0 Å². The van der Waals surface area contributed by atoms with Crippen LogP contribution in [-0.4, -0.2) is 35.3 Å². The van der Waals surface area contributed by atoms with Crippen LogP contribution >= 0.6 is 0 Å². The molecular formula is C15H20N2O. The van der Waals surface area contributed by atoms with E-state index in [4.69, 9.17) is 4.74 Å². The summed E-state index contributed by atoms with van der Waals surface area (Å²) < 4.78 is 5.84. The molecule has 0 aliphatic carbocycles. The van der Waals surface area contributed by atoms with E-state index in [2.05, 4.69) is 61.2 Å². The van der Waals surface area contributed by atoms with Crippen LogP contribution in [0, 0.1) is 0 Å². The number of ether oxygens (including phenoxy) is 1. The van der Waals surface area contributed by atoms with E-state index in [1.54, 1.807) is 0 Å². The minimum absolute atomic E-state index is 0.142. The number of hydrogen-bond acceptors (Lipinski definition) is 2. The third kappa shape index (κ3) is 1.84. The van der Waals surface area contributed by atoms with E-state index < -0.39 is 0 Å². The fourth-order valence-electron chi connectivity index (χ4n) is 2.70. The maximum Gasteiger partial charge on any atom is 0.116 e. The van der Waals surface area contributed by atoms with Crippen molar-refractivity contribution in [2.24, 2.45) is 0 Å². The molecule has 1 aliphatic heterocycles. The molecule has 1 fully saturated rings. The quantitative estimate of drug-likeness (QED) is 0.880. The molecule has 0 bridgehead atoms. The van der Waals surface area contributed by atoms with Gasteiger partial charge in [-0.1, -0.05) is 18.2 Å². The molecule has 0 amide bonds. The second kappa shape index (κ2) is 4.11. The second-order valence-corrected chi connectivity index (χ2v) is 5.59. The Kier molecular flexibility index (Phi) is 2.68. The van der Waals surface area contributed by atoms with Gasteiger partial charge in [0.15, 0.2) is 0 Å². The summed E-state index contributed by atoms with van der Waals surface area (Å²) in [7, 11) is 2.15. The van der Waals surface area contributed by atoms with Gasteiger partial charge >= 0.3 is 0 Å². The first-order valence-electron chi connectivity index (χ1n) is 6.50. The minimum atomic E-state index is -0.142. The summed E-state index contributed by atoms with van der Waals surface area (Å²) in [5.41, 5.74) is 2.45. The SMILES string of the molecule is CN1[C@H](Cc2c[nH]c3ccccc23)COC1(C)C. The second-order valence-electron chi connectivity index (χ2n) is 5.59. The monoisotopic (exact) mass is 244 g/mol. The van der Waals surface area contributed by atoms with Crippen molar-refractivity contribution in [1.29, 1.82) is 0 Å². The summed E-state index contributed by atoms with van der Waals surface area (Å²) in [6.07, 6.45) is 3.16. The fraction of sp³-hybridized carbons (Fsp3) is 0.467. The molecule has 1 aliphatic rings. The van der Waals surface area contributed by atoms with E-state index in [-0.39, 0.29) is 5.72 Å². The van der Waals surface area contributed by atoms with Gasteiger partial charge in [0.25, 0.3) is 0 Å². The molecule has 0 unspecified atom stereocenters. The van der Waals surface area contributed by atoms with Crippen LogP contribution in [0.1, 0.15) is 19.4 Å². The van der Waals surface area contributed by atoms with Crippen LogP contribution in [0.3, 0.4) is 0 Å². The third-order valence-corrected chi connectivity index (χ3v) is 4.16. The number of H-pyrrole nitrogens is 1. The van der Waals surface area contributed by atoms with Gasteiger partial charge in [-0.15, -0.1) is 0 Å².